The van der Waals surface area contributed by atoms with Crippen LogP contribution in [0.4, 0.5) is 11.4 Å². The molecule has 1 amide bonds. The average molecular weight is 263 g/mol. The van der Waals surface area contributed by atoms with E-state index in [4.69, 9.17) is 5.11 Å². The Bertz CT molecular complexity index is 442. The molecule has 0 aromatic heterocycles. The Balaban J connectivity index is 2.27. The van der Waals surface area contributed by atoms with Gasteiger partial charge in [-0.1, -0.05) is 13.0 Å². The Kier molecular flexibility index (Phi) is 4.63. The Labute approximate surface area is 113 Å². The molecule has 0 spiro atoms. The summed E-state index contributed by atoms with van der Waals surface area (Å²) in [5.41, 5.74) is 2.52. The van der Waals surface area contributed by atoms with Gasteiger partial charge in [0, 0.05) is 26.2 Å². The van der Waals surface area contributed by atoms with E-state index in [1.54, 1.807) is 4.90 Å². The lowest BCUT2D eigenvalue weighted by molar-refractivity contribution is 0.0723. The van der Waals surface area contributed by atoms with E-state index < -0.39 is 0 Å². The molecule has 0 saturated carbocycles. The van der Waals surface area contributed by atoms with Crippen LogP contribution in [0.25, 0.3) is 0 Å². The lowest BCUT2D eigenvalue weighted by Crippen LogP contribution is -2.35. The Morgan fingerprint density at radius 1 is 1.32 bits per heavy atom. The van der Waals surface area contributed by atoms with Gasteiger partial charge in [0.25, 0.3) is 5.91 Å². The number of carbonyl (C=O) groups excluding carboxylic acids is 1. The van der Waals surface area contributed by atoms with Gasteiger partial charge in [-0.15, -0.1) is 0 Å². The molecular formula is C14H21N3O2. The van der Waals surface area contributed by atoms with E-state index in [1.165, 1.54) is 0 Å². The minimum absolute atomic E-state index is 0.00750. The van der Waals surface area contributed by atoms with Crippen molar-refractivity contribution >= 4 is 17.3 Å². The van der Waals surface area contributed by atoms with Crippen molar-refractivity contribution in [3.05, 3.63) is 23.8 Å². The summed E-state index contributed by atoms with van der Waals surface area (Å²) in [4.78, 5) is 14.2. The molecule has 104 valence electrons. The summed E-state index contributed by atoms with van der Waals surface area (Å²) in [5.74, 6) is -0.0241. The molecule has 1 heterocycles. The fraction of sp³-hybridized carbons (Fsp3) is 0.500. The second-order valence-electron chi connectivity index (χ2n) is 4.60. The number of aliphatic hydroxyl groups excluding tert-OH is 1. The summed E-state index contributed by atoms with van der Waals surface area (Å²) < 4.78 is 0. The van der Waals surface area contributed by atoms with Crippen LogP contribution in [0.2, 0.25) is 0 Å². The van der Waals surface area contributed by atoms with Gasteiger partial charge in [-0.25, -0.2) is 0 Å². The molecule has 19 heavy (non-hydrogen) atoms. The number of rotatable bonds is 5. The van der Waals surface area contributed by atoms with Crippen LogP contribution in [0.15, 0.2) is 18.2 Å². The first-order chi connectivity index (χ1) is 9.27. The Morgan fingerprint density at radius 3 is 2.84 bits per heavy atom. The fourth-order valence-electron chi connectivity index (χ4n) is 2.33. The lowest BCUT2D eigenvalue weighted by Gasteiger charge is -2.26. The number of benzene rings is 1. The van der Waals surface area contributed by atoms with Crippen LogP contribution in [-0.2, 0) is 0 Å². The van der Waals surface area contributed by atoms with Crippen molar-refractivity contribution in [2.24, 2.45) is 0 Å². The fourth-order valence-corrected chi connectivity index (χ4v) is 2.33. The second-order valence-corrected chi connectivity index (χ2v) is 4.60. The van der Waals surface area contributed by atoms with Crippen LogP contribution in [0.5, 0.6) is 0 Å². The third-order valence-corrected chi connectivity index (χ3v) is 3.19. The molecule has 1 aliphatic heterocycles. The van der Waals surface area contributed by atoms with Crippen LogP contribution in [0.3, 0.4) is 0 Å². The zero-order chi connectivity index (χ0) is 13.7. The number of aliphatic hydroxyl groups is 1. The molecule has 0 fully saturated rings. The monoisotopic (exact) mass is 263 g/mol. The minimum atomic E-state index is -0.0241. The predicted octanol–water partition coefficient (Wildman–Crippen LogP) is 1.37. The van der Waals surface area contributed by atoms with Crippen molar-refractivity contribution in [3.8, 4) is 0 Å². The highest BCUT2D eigenvalue weighted by molar-refractivity contribution is 6.02. The van der Waals surface area contributed by atoms with E-state index >= 15 is 0 Å². The quantitative estimate of drug-likeness (QED) is 0.750. The number of amides is 1. The third kappa shape index (κ3) is 2.98. The summed E-state index contributed by atoms with van der Waals surface area (Å²) in [6.45, 7) is 4.73. The third-order valence-electron chi connectivity index (χ3n) is 3.19. The molecule has 3 N–H and O–H groups in total. The Hall–Kier alpha value is -1.75. The molecular weight excluding hydrogens is 242 g/mol. The molecule has 2 rings (SSSR count). The van der Waals surface area contributed by atoms with Gasteiger partial charge in [-0.3, -0.25) is 4.79 Å². The summed E-state index contributed by atoms with van der Waals surface area (Å²) in [6, 6.07) is 5.69. The SMILES string of the molecule is CCCN(CCO)C(=O)c1cccc2c1NCCN2. The van der Waals surface area contributed by atoms with Crippen molar-refractivity contribution in [3.63, 3.8) is 0 Å². The predicted molar refractivity (Wildman–Crippen MR) is 76.7 cm³/mol. The summed E-state index contributed by atoms with van der Waals surface area (Å²) in [5, 5.41) is 15.6. The van der Waals surface area contributed by atoms with Crippen LogP contribution in [-0.4, -0.2) is 48.7 Å². The first-order valence-corrected chi connectivity index (χ1v) is 6.78. The van der Waals surface area contributed by atoms with Gasteiger partial charge in [-0.2, -0.15) is 0 Å². The molecule has 0 saturated heterocycles. The van der Waals surface area contributed by atoms with Gasteiger partial charge in [0.2, 0.25) is 0 Å². The molecule has 1 aromatic rings. The molecule has 0 atom stereocenters. The van der Waals surface area contributed by atoms with Crippen LogP contribution in [0.1, 0.15) is 23.7 Å². The molecule has 1 aliphatic rings. The molecule has 1 aromatic carbocycles. The largest absolute Gasteiger partial charge is 0.395 e. The highest BCUT2D eigenvalue weighted by atomic mass is 16.3. The highest BCUT2D eigenvalue weighted by Gasteiger charge is 2.21. The highest BCUT2D eigenvalue weighted by Crippen LogP contribution is 2.29. The molecule has 5 heteroatoms. The molecule has 0 radical (unpaired) electrons. The maximum Gasteiger partial charge on any atom is 0.256 e. The number of anilines is 2. The zero-order valence-corrected chi connectivity index (χ0v) is 11.3. The number of para-hydroxylation sites is 1. The summed E-state index contributed by atoms with van der Waals surface area (Å²) >= 11 is 0. The van der Waals surface area contributed by atoms with Crippen LogP contribution < -0.4 is 10.6 Å². The first kappa shape index (κ1) is 13.7. The second kappa shape index (κ2) is 6.43. The number of hydrogen-bond acceptors (Lipinski definition) is 4. The number of carbonyl (C=O) groups is 1. The van der Waals surface area contributed by atoms with Gasteiger partial charge in [-0.05, 0) is 18.6 Å². The van der Waals surface area contributed by atoms with Crippen molar-refractivity contribution in [2.75, 3.05) is 43.4 Å². The Morgan fingerprint density at radius 2 is 2.11 bits per heavy atom. The number of nitrogens with zero attached hydrogens (tertiary/aromatic N) is 1. The van der Waals surface area contributed by atoms with Gasteiger partial charge in [0.05, 0.1) is 23.5 Å². The summed E-state index contributed by atoms with van der Waals surface area (Å²) in [6.07, 6.45) is 0.881. The maximum atomic E-state index is 12.5. The lowest BCUT2D eigenvalue weighted by atomic mass is 10.1. The van der Waals surface area contributed by atoms with E-state index in [9.17, 15) is 4.79 Å². The van der Waals surface area contributed by atoms with Gasteiger partial charge >= 0.3 is 0 Å². The minimum Gasteiger partial charge on any atom is -0.395 e. The molecule has 0 bridgehead atoms. The van der Waals surface area contributed by atoms with E-state index in [1.807, 2.05) is 25.1 Å². The average Bonchev–Trinajstić information content (AvgIpc) is 2.46. The van der Waals surface area contributed by atoms with E-state index in [0.29, 0.717) is 18.7 Å². The van der Waals surface area contributed by atoms with Crippen molar-refractivity contribution in [2.45, 2.75) is 13.3 Å². The first-order valence-electron chi connectivity index (χ1n) is 6.78. The normalized spacial score (nSPS) is 13.2. The van der Waals surface area contributed by atoms with Crippen LogP contribution >= 0.6 is 0 Å². The van der Waals surface area contributed by atoms with E-state index in [0.717, 1.165) is 30.9 Å². The van der Waals surface area contributed by atoms with Gasteiger partial charge in [0.1, 0.15) is 0 Å². The maximum absolute atomic E-state index is 12.5. The standard InChI is InChI=1S/C14H21N3O2/c1-2-8-17(9-10-18)14(19)11-4-3-5-12-13(11)16-7-6-15-12/h3-5,15-16,18H,2,6-10H2,1H3. The van der Waals surface area contributed by atoms with Crippen molar-refractivity contribution in [1.29, 1.82) is 0 Å². The number of fused-ring (bicyclic) bond motifs is 1. The van der Waals surface area contributed by atoms with Crippen LogP contribution in [0, 0.1) is 0 Å². The summed E-state index contributed by atoms with van der Waals surface area (Å²) in [7, 11) is 0. The number of nitrogens with one attached hydrogen (secondary N) is 2. The van der Waals surface area contributed by atoms with Gasteiger partial charge < -0.3 is 20.6 Å². The van der Waals surface area contributed by atoms with Gasteiger partial charge in [0.15, 0.2) is 0 Å². The topological polar surface area (TPSA) is 64.6 Å². The number of hydrogen-bond donors (Lipinski definition) is 3. The molecule has 0 aliphatic carbocycles. The van der Waals surface area contributed by atoms with Crippen molar-refractivity contribution in [1.82, 2.24) is 4.90 Å². The molecule has 0 unspecified atom stereocenters. The zero-order valence-electron chi connectivity index (χ0n) is 11.3. The smallest absolute Gasteiger partial charge is 0.256 e. The van der Waals surface area contributed by atoms with E-state index in [-0.39, 0.29) is 12.5 Å². The molecule has 5 nitrogen and oxygen atoms in total. The van der Waals surface area contributed by atoms with Crippen molar-refractivity contribution < 1.29 is 9.90 Å². The van der Waals surface area contributed by atoms with E-state index in [2.05, 4.69) is 10.6 Å².